The zero-order valence-electron chi connectivity index (χ0n) is 14.4. The second kappa shape index (κ2) is 7.97. The van der Waals surface area contributed by atoms with E-state index in [0.717, 1.165) is 18.5 Å². The molecule has 0 radical (unpaired) electrons. The molecule has 0 atom stereocenters. The van der Waals surface area contributed by atoms with E-state index in [9.17, 15) is 9.59 Å². The van der Waals surface area contributed by atoms with E-state index in [4.69, 9.17) is 5.73 Å². The molecule has 0 fully saturated rings. The Morgan fingerprint density at radius 3 is 2.20 bits per heavy atom. The number of benzene rings is 2. The first kappa shape index (κ1) is 17.2. The van der Waals surface area contributed by atoms with Crippen LogP contribution in [0.1, 0.15) is 42.4 Å². The number of carbonyl (C=O) groups excluding carboxylic acids is 2. The molecule has 1 aliphatic rings. The van der Waals surface area contributed by atoms with Crippen molar-refractivity contribution in [3.63, 3.8) is 0 Å². The second-order valence-corrected chi connectivity index (χ2v) is 6.55. The van der Waals surface area contributed by atoms with Crippen molar-refractivity contribution in [2.75, 3.05) is 4.90 Å². The summed E-state index contributed by atoms with van der Waals surface area (Å²) >= 11 is 0. The van der Waals surface area contributed by atoms with Crippen molar-refractivity contribution in [2.45, 2.75) is 45.1 Å². The molecule has 1 aliphatic heterocycles. The molecule has 4 nitrogen and oxygen atoms in total. The molecule has 2 aromatic carbocycles. The molecule has 1 heterocycles. The Balaban J connectivity index is 1.81. The summed E-state index contributed by atoms with van der Waals surface area (Å²) in [5.74, 6) is -0.202. The van der Waals surface area contributed by atoms with Crippen LogP contribution in [0.25, 0.3) is 0 Å². The quantitative estimate of drug-likeness (QED) is 0.851. The van der Waals surface area contributed by atoms with Gasteiger partial charge in [-0.1, -0.05) is 42.5 Å². The molecule has 4 heteroatoms. The largest absolute Gasteiger partial charge is 0.370 e. The Morgan fingerprint density at radius 1 is 0.840 bits per heavy atom. The number of primary amides is 1. The molecule has 0 aromatic heterocycles. The minimum absolute atomic E-state index is 0.105. The van der Waals surface area contributed by atoms with Crippen molar-refractivity contribution >= 4 is 17.5 Å². The van der Waals surface area contributed by atoms with E-state index in [1.54, 1.807) is 0 Å². The number of nitrogens with two attached hydrogens (primary N) is 1. The van der Waals surface area contributed by atoms with Crippen LogP contribution in [0.3, 0.4) is 0 Å². The highest BCUT2D eigenvalue weighted by atomic mass is 16.2. The lowest BCUT2D eigenvalue weighted by Crippen LogP contribution is -2.32. The monoisotopic (exact) mass is 336 g/mol. The first-order valence-electron chi connectivity index (χ1n) is 8.88. The Hall–Kier alpha value is -2.62. The first-order valence-corrected chi connectivity index (χ1v) is 8.88. The number of amides is 2. The number of rotatable bonds is 5. The third-order valence-electron chi connectivity index (χ3n) is 4.76. The number of nitrogens with zero attached hydrogens (tertiary/aromatic N) is 1. The maximum Gasteiger partial charge on any atom is 0.227 e. The lowest BCUT2D eigenvalue weighted by molar-refractivity contribution is -0.120. The predicted molar refractivity (Wildman–Crippen MR) is 99.1 cm³/mol. The number of hydrogen-bond donors (Lipinski definition) is 1. The van der Waals surface area contributed by atoms with Gasteiger partial charge < -0.3 is 10.6 Å². The van der Waals surface area contributed by atoms with E-state index in [-0.39, 0.29) is 11.8 Å². The Morgan fingerprint density at radius 2 is 1.44 bits per heavy atom. The fraction of sp³-hybridized carbons (Fsp3) is 0.333. The van der Waals surface area contributed by atoms with Gasteiger partial charge in [-0.05, 0) is 48.4 Å². The lowest BCUT2D eigenvalue weighted by atomic mass is 9.95. The molecule has 3 rings (SSSR count). The third kappa shape index (κ3) is 4.27. The minimum Gasteiger partial charge on any atom is -0.370 e. The van der Waals surface area contributed by atoms with Crippen molar-refractivity contribution in [2.24, 2.45) is 5.73 Å². The summed E-state index contributed by atoms with van der Waals surface area (Å²) in [6, 6.07) is 16.5. The summed E-state index contributed by atoms with van der Waals surface area (Å²) < 4.78 is 0. The van der Waals surface area contributed by atoms with Crippen LogP contribution in [-0.2, 0) is 29.0 Å². The number of unbranched alkanes of at least 4 members (excludes halogenated alkanes) is 1. The summed E-state index contributed by atoms with van der Waals surface area (Å²) in [6.45, 7) is 0.599. The van der Waals surface area contributed by atoms with Gasteiger partial charge in [-0.2, -0.15) is 0 Å². The van der Waals surface area contributed by atoms with Gasteiger partial charge in [-0.25, -0.2) is 0 Å². The van der Waals surface area contributed by atoms with Gasteiger partial charge in [0.2, 0.25) is 11.8 Å². The highest BCUT2D eigenvalue weighted by molar-refractivity contribution is 5.94. The van der Waals surface area contributed by atoms with Crippen LogP contribution in [0.4, 0.5) is 5.69 Å². The molecule has 2 N–H and O–H groups in total. The molecule has 0 bridgehead atoms. The molecular formula is C21H24N2O2. The summed E-state index contributed by atoms with van der Waals surface area (Å²) in [7, 11) is 0. The average molecular weight is 336 g/mol. The number of para-hydroxylation sites is 1. The topological polar surface area (TPSA) is 63.4 Å². The molecule has 130 valence electrons. The standard InChI is InChI=1S/C21H24N2O2/c22-20(24)11-5-6-12-21(25)23-15-18-9-2-1-7-16(18)13-14-17-8-3-4-10-19(17)23/h1-4,7-10H,5-6,11-15H2,(H2,22,24). The minimum atomic E-state index is -0.307. The van der Waals surface area contributed by atoms with Crippen molar-refractivity contribution < 1.29 is 9.59 Å². The molecule has 0 saturated heterocycles. The van der Waals surface area contributed by atoms with E-state index in [0.29, 0.717) is 32.2 Å². The highest BCUT2D eigenvalue weighted by Crippen LogP contribution is 2.29. The molecular weight excluding hydrogens is 312 g/mol. The van der Waals surface area contributed by atoms with Crippen molar-refractivity contribution in [3.05, 3.63) is 65.2 Å². The van der Waals surface area contributed by atoms with Crippen LogP contribution in [0.2, 0.25) is 0 Å². The summed E-state index contributed by atoms with van der Waals surface area (Å²) in [5.41, 5.74) is 9.91. The van der Waals surface area contributed by atoms with E-state index < -0.39 is 0 Å². The Kier molecular flexibility index (Phi) is 5.49. The van der Waals surface area contributed by atoms with Crippen LogP contribution < -0.4 is 10.6 Å². The van der Waals surface area contributed by atoms with Crippen LogP contribution in [-0.4, -0.2) is 11.8 Å². The van der Waals surface area contributed by atoms with Gasteiger partial charge in [-0.3, -0.25) is 9.59 Å². The number of carbonyl (C=O) groups is 2. The zero-order valence-corrected chi connectivity index (χ0v) is 14.4. The van der Waals surface area contributed by atoms with Crippen LogP contribution >= 0.6 is 0 Å². The van der Waals surface area contributed by atoms with E-state index in [2.05, 4.69) is 24.3 Å². The van der Waals surface area contributed by atoms with E-state index >= 15 is 0 Å². The van der Waals surface area contributed by atoms with Gasteiger partial charge in [0.15, 0.2) is 0 Å². The smallest absolute Gasteiger partial charge is 0.227 e. The lowest BCUT2D eigenvalue weighted by Gasteiger charge is -2.29. The summed E-state index contributed by atoms with van der Waals surface area (Å²) in [5, 5.41) is 0. The Bertz CT molecular complexity index is 770. The predicted octanol–water partition coefficient (Wildman–Crippen LogP) is 3.36. The number of fused-ring (bicyclic) bond motifs is 2. The highest BCUT2D eigenvalue weighted by Gasteiger charge is 2.22. The SMILES string of the molecule is NC(=O)CCCCC(=O)N1Cc2ccccc2CCc2ccccc21. The first-order chi connectivity index (χ1) is 12.1. The van der Waals surface area contributed by atoms with Gasteiger partial charge in [0.05, 0.1) is 6.54 Å². The fourth-order valence-corrected chi connectivity index (χ4v) is 3.40. The molecule has 2 amide bonds. The average Bonchev–Trinajstić information content (AvgIpc) is 2.60. The molecule has 0 unspecified atom stereocenters. The molecule has 0 spiro atoms. The van der Waals surface area contributed by atoms with E-state index in [1.165, 1.54) is 16.7 Å². The number of hydrogen-bond acceptors (Lipinski definition) is 2. The second-order valence-electron chi connectivity index (χ2n) is 6.55. The van der Waals surface area contributed by atoms with Gasteiger partial charge >= 0.3 is 0 Å². The normalized spacial score (nSPS) is 13.4. The molecule has 25 heavy (non-hydrogen) atoms. The van der Waals surface area contributed by atoms with Crippen LogP contribution in [0, 0.1) is 0 Å². The number of aryl methyl sites for hydroxylation is 2. The maximum atomic E-state index is 12.9. The molecule has 2 aromatic rings. The number of anilines is 1. The van der Waals surface area contributed by atoms with Crippen LogP contribution in [0.5, 0.6) is 0 Å². The molecule has 0 saturated carbocycles. The van der Waals surface area contributed by atoms with Gasteiger partial charge in [0.1, 0.15) is 0 Å². The van der Waals surface area contributed by atoms with Gasteiger partial charge in [0, 0.05) is 18.5 Å². The van der Waals surface area contributed by atoms with Crippen molar-refractivity contribution in [1.82, 2.24) is 0 Å². The fourth-order valence-electron chi connectivity index (χ4n) is 3.40. The van der Waals surface area contributed by atoms with E-state index in [1.807, 2.05) is 29.2 Å². The van der Waals surface area contributed by atoms with Crippen molar-refractivity contribution in [1.29, 1.82) is 0 Å². The third-order valence-corrected chi connectivity index (χ3v) is 4.76. The summed E-state index contributed by atoms with van der Waals surface area (Å²) in [6.07, 6.45) is 4.04. The van der Waals surface area contributed by atoms with Gasteiger partial charge in [0.25, 0.3) is 0 Å². The zero-order chi connectivity index (χ0) is 17.6. The molecule has 0 aliphatic carbocycles. The summed E-state index contributed by atoms with van der Waals surface area (Å²) in [4.78, 5) is 25.6. The van der Waals surface area contributed by atoms with Crippen molar-refractivity contribution in [3.8, 4) is 0 Å². The maximum absolute atomic E-state index is 12.9. The van der Waals surface area contributed by atoms with Gasteiger partial charge in [-0.15, -0.1) is 0 Å². The Labute approximate surface area is 148 Å². The van der Waals surface area contributed by atoms with Crippen LogP contribution in [0.15, 0.2) is 48.5 Å².